The van der Waals surface area contributed by atoms with Crippen molar-refractivity contribution in [2.45, 2.75) is 51.2 Å². The number of hydrogen-bond donors (Lipinski definition) is 0. The Morgan fingerprint density at radius 2 is 1.95 bits per heavy atom. The first-order valence-corrected chi connectivity index (χ1v) is 12.4. The third-order valence-corrected chi connectivity index (χ3v) is 7.15. The molecule has 0 radical (unpaired) electrons. The zero-order chi connectivity index (χ0) is 25.3. The van der Waals surface area contributed by atoms with Gasteiger partial charge in [-0.25, -0.2) is 18.7 Å². The third-order valence-electron chi connectivity index (χ3n) is 7.15. The van der Waals surface area contributed by atoms with E-state index in [2.05, 4.69) is 10.1 Å². The molecule has 9 nitrogen and oxygen atoms in total. The van der Waals surface area contributed by atoms with Crippen molar-refractivity contribution < 1.29 is 18.3 Å². The van der Waals surface area contributed by atoms with Crippen LogP contribution < -0.4 is 10.5 Å². The fraction of sp³-hybridized carbons (Fsp3) is 0.385. The number of ether oxygens (including phenoxy) is 2. The maximum atomic E-state index is 15.0. The first-order chi connectivity index (χ1) is 17.9. The summed E-state index contributed by atoms with van der Waals surface area (Å²) in [5.41, 5.74) is 2.11. The molecule has 190 valence electrons. The monoisotopic (exact) mass is 506 g/mol. The fourth-order valence-corrected chi connectivity index (χ4v) is 5.12. The summed E-state index contributed by atoms with van der Waals surface area (Å²) in [6.45, 7) is 3.34. The molecule has 2 fully saturated rings. The van der Waals surface area contributed by atoms with Gasteiger partial charge in [-0.15, -0.1) is 0 Å². The van der Waals surface area contributed by atoms with Crippen molar-refractivity contribution in [2.75, 3.05) is 18.0 Å². The molecule has 1 aromatic carbocycles. The van der Waals surface area contributed by atoms with E-state index in [0.29, 0.717) is 36.2 Å². The van der Waals surface area contributed by atoms with Gasteiger partial charge in [-0.3, -0.25) is 13.9 Å². The van der Waals surface area contributed by atoms with Crippen molar-refractivity contribution in [1.82, 2.24) is 24.1 Å². The van der Waals surface area contributed by atoms with Crippen LogP contribution in [0.25, 0.3) is 16.9 Å². The highest BCUT2D eigenvalue weighted by Gasteiger charge is 2.32. The molecular weight excluding hydrogens is 482 g/mol. The van der Waals surface area contributed by atoms with Crippen molar-refractivity contribution in [3.63, 3.8) is 0 Å². The molecule has 0 N–H and O–H groups in total. The average Bonchev–Trinajstić information content (AvgIpc) is 3.41. The molecular formula is C26H24F2N6O3. The van der Waals surface area contributed by atoms with Gasteiger partial charge < -0.3 is 14.4 Å². The van der Waals surface area contributed by atoms with Gasteiger partial charge in [0.15, 0.2) is 5.65 Å². The smallest absolute Gasteiger partial charge is 0.263 e. The van der Waals surface area contributed by atoms with Crippen molar-refractivity contribution in [3.8, 4) is 11.3 Å². The largest absolute Gasteiger partial charge is 0.370 e. The lowest BCUT2D eigenvalue weighted by Crippen LogP contribution is -2.43. The molecule has 3 aromatic heterocycles. The van der Waals surface area contributed by atoms with Crippen LogP contribution in [0.2, 0.25) is 0 Å². The molecule has 0 spiro atoms. The van der Waals surface area contributed by atoms with Gasteiger partial charge in [0.25, 0.3) is 5.56 Å². The summed E-state index contributed by atoms with van der Waals surface area (Å²) in [6.07, 6.45) is 7.40. The molecule has 0 bridgehead atoms. The minimum absolute atomic E-state index is 0.0649. The van der Waals surface area contributed by atoms with E-state index in [0.717, 1.165) is 24.5 Å². The fourth-order valence-electron chi connectivity index (χ4n) is 5.12. The maximum absolute atomic E-state index is 15.0. The Morgan fingerprint density at radius 3 is 2.76 bits per heavy atom. The van der Waals surface area contributed by atoms with E-state index < -0.39 is 11.6 Å². The zero-order valence-electron chi connectivity index (χ0n) is 20.1. The lowest BCUT2D eigenvalue weighted by Gasteiger charge is -2.37. The Bertz CT molecular complexity index is 1600. The molecule has 1 saturated carbocycles. The van der Waals surface area contributed by atoms with E-state index in [1.54, 1.807) is 6.20 Å². The molecule has 0 amide bonds. The molecule has 2 aliphatic heterocycles. The van der Waals surface area contributed by atoms with Crippen molar-refractivity contribution in [2.24, 2.45) is 0 Å². The summed E-state index contributed by atoms with van der Waals surface area (Å²) in [7, 11) is 0. The van der Waals surface area contributed by atoms with E-state index in [1.165, 1.54) is 16.5 Å². The minimum Gasteiger partial charge on any atom is -0.370 e. The van der Waals surface area contributed by atoms with Gasteiger partial charge in [0.1, 0.15) is 29.3 Å². The predicted molar refractivity (Wildman–Crippen MR) is 129 cm³/mol. The summed E-state index contributed by atoms with van der Waals surface area (Å²) in [5.74, 6) is -1.00. The van der Waals surface area contributed by atoms with E-state index in [9.17, 15) is 13.6 Å². The normalized spacial score (nSPS) is 21.5. The van der Waals surface area contributed by atoms with Gasteiger partial charge in [-0.05, 0) is 31.9 Å². The Balaban J connectivity index is 1.35. The molecule has 0 unspecified atom stereocenters. The third kappa shape index (κ3) is 3.89. The summed E-state index contributed by atoms with van der Waals surface area (Å²) in [5, 5.41) is 4.50. The molecule has 37 heavy (non-hydrogen) atoms. The van der Waals surface area contributed by atoms with E-state index in [1.807, 2.05) is 28.9 Å². The SMILES string of the molecule is C[C@H]1CN(c2cn3c(=O)c4c(nc3c(-c3ccc(F)cc3F)n2)COC4)C[C@@H](c2cnn(C3CC3)c2)O1. The number of hydrogen-bond acceptors (Lipinski definition) is 7. The predicted octanol–water partition coefficient (Wildman–Crippen LogP) is 3.56. The summed E-state index contributed by atoms with van der Waals surface area (Å²) >= 11 is 0. The van der Waals surface area contributed by atoms with Crippen LogP contribution in [-0.2, 0) is 22.7 Å². The second kappa shape index (κ2) is 8.42. The number of morpholine rings is 1. The van der Waals surface area contributed by atoms with Gasteiger partial charge in [0, 0.05) is 29.9 Å². The van der Waals surface area contributed by atoms with Crippen LogP contribution in [0.1, 0.15) is 48.7 Å². The first-order valence-electron chi connectivity index (χ1n) is 12.4. The van der Waals surface area contributed by atoms with E-state index >= 15 is 0 Å². The molecule has 11 heteroatoms. The van der Waals surface area contributed by atoms with Crippen LogP contribution in [-0.4, -0.2) is 43.3 Å². The summed E-state index contributed by atoms with van der Waals surface area (Å²) in [4.78, 5) is 24.8. The number of fused-ring (bicyclic) bond motifs is 2. The van der Waals surface area contributed by atoms with Crippen LogP contribution in [0.4, 0.5) is 14.6 Å². The number of aromatic nitrogens is 5. The number of anilines is 1. The molecule has 1 aliphatic carbocycles. The Morgan fingerprint density at radius 1 is 1.08 bits per heavy atom. The summed E-state index contributed by atoms with van der Waals surface area (Å²) in [6, 6.07) is 3.76. The second-order valence-electron chi connectivity index (χ2n) is 9.93. The van der Waals surface area contributed by atoms with Crippen LogP contribution in [0, 0.1) is 11.6 Å². The van der Waals surface area contributed by atoms with Crippen LogP contribution in [0.5, 0.6) is 0 Å². The highest BCUT2D eigenvalue weighted by Crippen LogP contribution is 2.36. The quantitative estimate of drug-likeness (QED) is 0.418. The molecule has 2 atom stereocenters. The molecule has 7 rings (SSSR count). The van der Waals surface area contributed by atoms with E-state index in [4.69, 9.17) is 14.5 Å². The minimum atomic E-state index is -0.779. The van der Waals surface area contributed by atoms with Crippen LogP contribution in [0.3, 0.4) is 0 Å². The van der Waals surface area contributed by atoms with Gasteiger partial charge in [0.05, 0.1) is 55.6 Å². The summed E-state index contributed by atoms with van der Waals surface area (Å²) < 4.78 is 43.7. The molecule has 4 aromatic rings. The molecule has 1 saturated heterocycles. The van der Waals surface area contributed by atoms with Gasteiger partial charge >= 0.3 is 0 Å². The van der Waals surface area contributed by atoms with E-state index in [-0.39, 0.29) is 47.9 Å². The lowest BCUT2D eigenvalue weighted by molar-refractivity contribution is -0.0176. The Kier molecular flexibility index (Phi) is 5.12. The Labute approximate surface area is 210 Å². The average molecular weight is 507 g/mol. The topological polar surface area (TPSA) is 86.8 Å². The highest BCUT2D eigenvalue weighted by molar-refractivity contribution is 5.76. The van der Waals surface area contributed by atoms with Crippen LogP contribution in [0.15, 0.2) is 41.6 Å². The maximum Gasteiger partial charge on any atom is 0.263 e. The zero-order valence-corrected chi connectivity index (χ0v) is 20.1. The van der Waals surface area contributed by atoms with Crippen molar-refractivity contribution in [3.05, 3.63) is 75.6 Å². The molecule has 5 heterocycles. The second-order valence-corrected chi connectivity index (χ2v) is 9.93. The number of nitrogens with zero attached hydrogens (tertiary/aromatic N) is 6. The number of halogens is 2. The number of rotatable bonds is 4. The standard InChI is InChI=1S/C26H24F2N6O3/c1-14-8-32(10-22(37-14)15-7-29-34(9-15)17-3-4-17)23-11-33-25(30-21-13-36-12-19(21)26(33)35)24(31-23)18-5-2-16(27)6-20(18)28/h2,5-7,9,11,14,17,22H,3-4,8,10,12-13H2,1H3/t14-,22-/m0/s1. The van der Waals surface area contributed by atoms with Crippen LogP contribution >= 0.6 is 0 Å². The Hall–Kier alpha value is -3.70. The highest BCUT2D eigenvalue weighted by atomic mass is 19.1. The van der Waals surface area contributed by atoms with Crippen molar-refractivity contribution in [1.29, 1.82) is 0 Å². The van der Waals surface area contributed by atoms with Gasteiger partial charge in [-0.2, -0.15) is 5.10 Å². The lowest BCUT2D eigenvalue weighted by atomic mass is 10.1. The number of benzene rings is 1. The van der Waals surface area contributed by atoms with Gasteiger partial charge in [0.2, 0.25) is 0 Å². The van der Waals surface area contributed by atoms with Gasteiger partial charge in [-0.1, -0.05) is 0 Å². The molecule has 3 aliphatic rings. The van der Waals surface area contributed by atoms with Crippen molar-refractivity contribution >= 4 is 11.5 Å². The first kappa shape index (κ1) is 22.5.